The van der Waals surface area contributed by atoms with E-state index in [2.05, 4.69) is 35.2 Å². The van der Waals surface area contributed by atoms with Gasteiger partial charge in [-0.25, -0.2) is 0 Å². The van der Waals surface area contributed by atoms with Crippen molar-refractivity contribution in [3.63, 3.8) is 0 Å². The van der Waals surface area contributed by atoms with Crippen LogP contribution in [0.25, 0.3) is 0 Å². The minimum Gasteiger partial charge on any atom is -0.360 e. The molecule has 4 nitrogen and oxygen atoms in total. The first-order chi connectivity index (χ1) is 11.8. The molecule has 1 fully saturated rings. The second-order valence-corrected chi connectivity index (χ2v) is 6.19. The molecule has 0 amide bonds. The number of benzene rings is 2. The van der Waals surface area contributed by atoms with E-state index in [1.807, 2.05) is 36.4 Å². The van der Waals surface area contributed by atoms with Crippen LogP contribution in [0.3, 0.4) is 0 Å². The Labute approximate surface area is 142 Å². The predicted molar refractivity (Wildman–Crippen MR) is 94.0 cm³/mol. The maximum atomic E-state index is 12.5. The third kappa shape index (κ3) is 3.81. The second kappa shape index (κ2) is 7.76. The van der Waals surface area contributed by atoms with E-state index >= 15 is 0 Å². The number of nitrogens with zero attached hydrogens (tertiary/aromatic N) is 2. The standard InChI is InChI=1S/C20H21N3O/c21-15-19(17-7-3-1-4-8-17)20(24)16-22-11-13-23(14-12-22)18-9-5-2-6-10-18/h1-10,19H,11-14,16H2/p+1/t19-/m1/s1. The first-order valence-corrected chi connectivity index (χ1v) is 8.39. The Bertz CT molecular complexity index is 701. The zero-order valence-corrected chi connectivity index (χ0v) is 13.7. The SMILES string of the molecule is N#C[C@@H](C(=O)C[NH+]1CCN(c2ccccc2)CC1)c1ccccc1. The van der Waals surface area contributed by atoms with Gasteiger partial charge in [0.1, 0.15) is 12.5 Å². The van der Waals surface area contributed by atoms with Gasteiger partial charge in [-0.3, -0.25) is 4.79 Å². The van der Waals surface area contributed by atoms with Crippen molar-refractivity contribution < 1.29 is 9.69 Å². The topological polar surface area (TPSA) is 48.5 Å². The Hall–Kier alpha value is -2.64. The smallest absolute Gasteiger partial charge is 0.208 e. The van der Waals surface area contributed by atoms with E-state index in [0.717, 1.165) is 31.7 Å². The van der Waals surface area contributed by atoms with Gasteiger partial charge in [-0.1, -0.05) is 48.5 Å². The van der Waals surface area contributed by atoms with Gasteiger partial charge < -0.3 is 9.80 Å². The lowest BCUT2D eigenvalue weighted by molar-refractivity contribution is -0.892. The van der Waals surface area contributed by atoms with E-state index in [1.54, 1.807) is 0 Å². The minimum atomic E-state index is -0.647. The van der Waals surface area contributed by atoms with Crippen molar-refractivity contribution in [3.8, 4) is 6.07 Å². The van der Waals surface area contributed by atoms with Crippen molar-refractivity contribution in [2.24, 2.45) is 0 Å². The van der Waals surface area contributed by atoms with Crippen molar-refractivity contribution in [3.05, 3.63) is 66.2 Å². The zero-order valence-electron chi connectivity index (χ0n) is 13.7. The van der Waals surface area contributed by atoms with Gasteiger partial charge in [0.2, 0.25) is 5.78 Å². The number of ketones is 1. The average molecular weight is 320 g/mol. The highest BCUT2D eigenvalue weighted by Crippen LogP contribution is 2.15. The molecule has 24 heavy (non-hydrogen) atoms. The number of anilines is 1. The first kappa shape index (κ1) is 16.2. The highest BCUT2D eigenvalue weighted by Gasteiger charge is 2.27. The van der Waals surface area contributed by atoms with Crippen LogP contribution in [0.4, 0.5) is 5.69 Å². The lowest BCUT2D eigenvalue weighted by atomic mass is 9.96. The molecule has 2 aromatic carbocycles. The fraction of sp³-hybridized carbons (Fsp3) is 0.300. The van der Waals surface area contributed by atoms with Crippen LogP contribution >= 0.6 is 0 Å². The molecule has 122 valence electrons. The Balaban J connectivity index is 1.56. The Kier molecular flexibility index (Phi) is 5.25. The summed E-state index contributed by atoms with van der Waals surface area (Å²) >= 11 is 0. The van der Waals surface area contributed by atoms with Gasteiger partial charge in [-0.05, 0) is 17.7 Å². The summed E-state index contributed by atoms with van der Waals surface area (Å²) in [7, 11) is 0. The van der Waals surface area contributed by atoms with Crippen molar-refractivity contribution >= 4 is 11.5 Å². The average Bonchev–Trinajstić information content (AvgIpc) is 2.64. The monoisotopic (exact) mass is 320 g/mol. The number of piperazine rings is 1. The van der Waals surface area contributed by atoms with Crippen LogP contribution in [-0.4, -0.2) is 38.5 Å². The van der Waals surface area contributed by atoms with Crippen LogP contribution in [0.15, 0.2) is 60.7 Å². The summed E-state index contributed by atoms with van der Waals surface area (Å²) in [5.74, 6) is -0.627. The van der Waals surface area contributed by atoms with E-state index in [-0.39, 0.29) is 5.78 Å². The molecular weight excluding hydrogens is 298 g/mol. The number of hydrogen-bond acceptors (Lipinski definition) is 3. The molecule has 3 rings (SSSR count). The number of para-hydroxylation sites is 1. The molecule has 0 bridgehead atoms. The number of carbonyl (C=O) groups excluding carboxylic acids is 1. The van der Waals surface area contributed by atoms with E-state index in [9.17, 15) is 10.1 Å². The molecule has 0 spiro atoms. The van der Waals surface area contributed by atoms with Gasteiger partial charge in [0.05, 0.1) is 32.2 Å². The second-order valence-electron chi connectivity index (χ2n) is 6.19. The highest BCUT2D eigenvalue weighted by molar-refractivity contribution is 5.89. The molecule has 1 heterocycles. The van der Waals surface area contributed by atoms with Crippen LogP contribution in [0.1, 0.15) is 11.5 Å². The van der Waals surface area contributed by atoms with E-state index < -0.39 is 5.92 Å². The third-order valence-corrected chi connectivity index (χ3v) is 4.60. The van der Waals surface area contributed by atoms with Gasteiger partial charge in [-0.2, -0.15) is 5.26 Å². The van der Waals surface area contributed by atoms with Crippen LogP contribution in [-0.2, 0) is 4.79 Å². The molecular formula is C20H22N3O+. The number of hydrogen-bond donors (Lipinski definition) is 1. The van der Waals surface area contributed by atoms with E-state index in [4.69, 9.17) is 0 Å². The van der Waals surface area contributed by atoms with Crippen LogP contribution < -0.4 is 9.80 Å². The number of nitrogens with one attached hydrogen (secondary N) is 1. The van der Waals surface area contributed by atoms with Crippen LogP contribution in [0.2, 0.25) is 0 Å². The zero-order chi connectivity index (χ0) is 16.8. The summed E-state index contributed by atoms with van der Waals surface area (Å²) in [5.41, 5.74) is 2.04. The molecule has 4 heteroatoms. The van der Waals surface area contributed by atoms with Gasteiger partial charge in [0.15, 0.2) is 0 Å². The molecule has 1 saturated heterocycles. The van der Waals surface area contributed by atoms with E-state index in [0.29, 0.717) is 6.54 Å². The quantitative estimate of drug-likeness (QED) is 0.902. The molecule has 0 aromatic heterocycles. The van der Waals surface area contributed by atoms with Crippen molar-refractivity contribution in [1.82, 2.24) is 0 Å². The predicted octanol–water partition coefficient (Wildman–Crippen LogP) is 1.27. The Morgan fingerprint density at radius 3 is 2.21 bits per heavy atom. The summed E-state index contributed by atoms with van der Waals surface area (Å²) < 4.78 is 0. The Morgan fingerprint density at radius 1 is 1.04 bits per heavy atom. The third-order valence-electron chi connectivity index (χ3n) is 4.60. The first-order valence-electron chi connectivity index (χ1n) is 8.39. The molecule has 0 aliphatic carbocycles. The molecule has 1 aliphatic rings. The maximum Gasteiger partial charge on any atom is 0.208 e. The maximum absolute atomic E-state index is 12.5. The Morgan fingerprint density at radius 2 is 1.62 bits per heavy atom. The van der Waals surface area contributed by atoms with Crippen molar-refractivity contribution in [1.29, 1.82) is 5.26 Å². The van der Waals surface area contributed by atoms with Gasteiger partial charge in [0, 0.05) is 5.69 Å². The largest absolute Gasteiger partial charge is 0.360 e. The minimum absolute atomic E-state index is 0.0202. The molecule has 0 radical (unpaired) electrons. The molecule has 2 aromatic rings. The van der Waals surface area contributed by atoms with Gasteiger partial charge in [0.25, 0.3) is 0 Å². The van der Waals surface area contributed by atoms with E-state index in [1.165, 1.54) is 10.6 Å². The number of Topliss-reactive ketones (excluding diaryl/α,β-unsaturated/α-hetero) is 1. The molecule has 0 unspecified atom stereocenters. The van der Waals surface area contributed by atoms with Crippen molar-refractivity contribution in [2.45, 2.75) is 5.92 Å². The lowest BCUT2D eigenvalue weighted by Crippen LogP contribution is -3.15. The van der Waals surface area contributed by atoms with Crippen LogP contribution in [0.5, 0.6) is 0 Å². The van der Waals surface area contributed by atoms with Gasteiger partial charge >= 0.3 is 0 Å². The fourth-order valence-electron chi connectivity index (χ4n) is 3.22. The highest BCUT2D eigenvalue weighted by atomic mass is 16.1. The lowest BCUT2D eigenvalue weighted by Gasteiger charge is -2.33. The summed E-state index contributed by atoms with van der Waals surface area (Å²) in [5, 5.41) is 9.38. The normalized spacial score (nSPS) is 16.4. The number of rotatable bonds is 5. The number of quaternary nitrogens is 1. The van der Waals surface area contributed by atoms with Crippen LogP contribution in [0, 0.1) is 11.3 Å². The summed E-state index contributed by atoms with van der Waals surface area (Å²) in [4.78, 5) is 16.2. The summed E-state index contributed by atoms with van der Waals surface area (Å²) in [6.45, 7) is 4.15. The molecule has 1 aliphatic heterocycles. The van der Waals surface area contributed by atoms with Gasteiger partial charge in [-0.15, -0.1) is 0 Å². The van der Waals surface area contributed by atoms with Crippen molar-refractivity contribution in [2.75, 3.05) is 37.6 Å². The fourth-order valence-corrected chi connectivity index (χ4v) is 3.22. The summed E-state index contributed by atoms with van der Waals surface area (Å²) in [6.07, 6.45) is 0. The molecule has 1 N–H and O–H groups in total. The number of nitriles is 1. The summed E-state index contributed by atoms with van der Waals surface area (Å²) in [6, 6.07) is 21.9. The molecule has 1 atom stereocenters. The molecule has 0 saturated carbocycles. The number of carbonyl (C=O) groups is 1.